The number of aromatic amines is 1. The molecule has 0 bridgehead atoms. The molecule has 1 aliphatic rings. The fourth-order valence-electron chi connectivity index (χ4n) is 2.93. The Kier molecular flexibility index (Phi) is 4.92. The minimum Gasteiger partial charge on any atom is -0.368 e. The van der Waals surface area contributed by atoms with Gasteiger partial charge in [0.25, 0.3) is 5.91 Å². The Morgan fingerprint density at radius 2 is 1.70 bits per heavy atom. The zero-order valence-electron chi connectivity index (χ0n) is 15.3. The van der Waals surface area contributed by atoms with Crippen molar-refractivity contribution in [2.24, 2.45) is 10.8 Å². The summed E-state index contributed by atoms with van der Waals surface area (Å²) in [5.41, 5.74) is 6.47. The normalized spacial score (nSPS) is 15.7. The standard InChI is InChI=1S/C19H15F2N7O2/c20-11-3-1-10(2-4-11)17-23-19(26-25-17)24-18(30)14-9-15(16(22)29)28(27-14)13-7-5-12(21)6-8-13/h1-8,15H,9H2,(H2,22,29)(H2,23,24,25,26,30). The van der Waals surface area contributed by atoms with Gasteiger partial charge in [-0.15, -0.1) is 5.10 Å². The number of aromatic nitrogens is 3. The lowest BCUT2D eigenvalue weighted by molar-refractivity contribution is -0.119. The van der Waals surface area contributed by atoms with Crippen LogP contribution in [0.2, 0.25) is 0 Å². The lowest BCUT2D eigenvalue weighted by atomic mass is 10.1. The van der Waals surface area contributed by atoms with Gasteiger partial charge in [-0.2, -0.15) is 10.1 Å². The van der Waals surface area contributed by atoms with Crippen LogP contribution >= 0.6 is 0 Å². The number of primary amides is 1. The number of nitrogens with one attached hydrogen (secondary N) is 2. The van der Waals surface area contributed by atoms with Gasteiger partial charge in [0.15, 0.2) is 5.82 Å². The fraction of sp³-hybridized carbons (Fsp3) is 0.105. The van der Waals surface area contributed by atoms with E-state index in [4.69, 9.17) is 5.73 Å². The quantitative estimate of drug-likeness (QED) is 0.590. The number of H-pyrrole nitrogens is 1. The van der Waals surface area contributed by atoms with E-state index in [2.05, 4.69) is 25.6 Å². The molecule has 0 fully saturated rings. The van der Waals surface area contributed by atoms with E-state index in [1.54, 1.807) is 0 Å². The summed E-state index contributed by atoms with van der Waals surface area (Å²) >= 11 is 0. The summed E-state index contributed by atoms with van der Waals surface area (Å²) in [7, 11) is 0. The largest absolute Gasteiger partial charge is 0.368 e. The summed E-state index contributed by atoms with van der Waals surface area (Å²) in [5, 5.41) is 14.5. The number of hydrogen-bond acceptors (Lipinski definition) is 6. The lowest BCUT2D eigenvalue weighted by Gasteiger charge is -2.20. The van der Waals surface area contributed by atoms with Crippen molar-refractivity contribution in [3.8, 4) is 11.4 Å². The number of hydrogen-bond donors (Lipinski definition) is 3. The molecule has 0 saturated heterocycles. The van der Waals surface area contributed by atoms with E-state index in [1.165, 1.54) is 53.5 Å². The molecular weight excluding hydrogens is 396 g/mol. The van der Waals surface area contributed by atoms with E-state index in [1.807, 2.05) is 0 Å². The minimum atomic E-state index is -0.891. The molecule has 2 heterocycles. The van der Waals surface area contributed by atoms with Gasteiger partial charge in [0, 0.05) is 12.0 Å². The summed E-state index contributed by atoms with van der Waals surface area (Å²) in [4.78, 5) is 28.5. The Hall–Kier alpha value is -4.15. The van der Waals surface area contributed by atoms with Crippen LogP contribution in [0.15, 0.2) is 53.6 Å². The van der Waals surface area contributed by atoms with Gasteiger partial charge in [-0.05, 0) is 48.5 Å². The van der Waals surface area contributed by atoms with Crippen LogP contribution in [0.3, 0.4) is 0 Å². The van der Waals surface area contributed by atoms with Crippen molar-refractivity contribution in [3.63, 3.8) is 0 Å². The molecular formula is C19H15F2N7O2. The molecule has 2 amide bonds. The number of benzene rings is 2. The predicted octanol–water partition coefficient (Wildman–Crippen LogP) is 1.81. The maximum absolute atomic E-state index is 13.2. The zero-order chi connectivity index (χ0) is 21.3. The number of amides is 2. The molecule has 1 unspecified atom stereocenters. The van der Waals surface area contributed by atoms with Crippen LogP contribution < -0.4 is 16.1 Å². The van der Waals surface area contributed by atoms with Crippen LogP contribution in [0.1, 0.15) is 6.42 Å². The van der Waals surface area contributed by atoms with Crippen LogP contribution in [0.4, 0.5) is 20.4 Å². The number of carbonyl (C=O) groups excluding carboxylic acids is 2. The summed E-state index contributed by atoms with van der Waals surface area (Å²) in [6, 6.07) is 9.98. The number of halogens is 2. The van der Waals surface area contributed by atoms with E-state index >= 15 is 0 Å². The highest BCUT2D eigenvalue weighted by atomic mass is 19.1. The Balaban J connectivity index is 1.51. The van der Waals surface area contributed by atoms with Gasteiger partial charge in [-0.1, -0.05) is 0 Å². The second kappa shape index (κ2) is 7.70. The predicted molar refractivity (Wildman–Crippen MR) is 104 cm³/mol. The Labute approximate surface area is 168 Å². The Bertz CT molecular complexity index is 1130. The molecule has 11 heteroatoms. The zero-order valence-corrected chi connectivity index (χ0v) is 15.3. The first-order chi connectivity index (χ1) is 14.4. The van der Waals surface area contributed by atoms with E-state index in [9.17, 15) is 18.4 Å². The van der Waals surface area contributed by atoms with E-state index in [-0.39, 0.29) is 23.9 Å². The van der Waals surface area contributed by atoms with Gasteiger partial charge >= 0.3 is 0 Å². The smallest absolute Gasteiger partial charge is 0.274 e. The van der Waals surface area contributed by atoms with Crippen LogP contribution in [-0.2, 0) is 9.59 Å². The SMILES string of the molecule is NC(=O)C1CC(C(=O)Nc2n[nH]c(-c3ccc(F)cc3)n2)=NN1c1ccc(F)cc1. The van der Waals surface area contributed by atoms with Crippen LogP contribution in [-0.4, -0.2) is 38.7 Å². The molecule has 1 aliphatic heterocycles. The fourth-order valence-corrected chi connectivity index (χ4v) is 2.93. The van der Waals surface area contributed by atoms with Crippen LogP contribution in [0, 0.1) is 11.6 Å². The highest BCUT2D eigenvalue weighted by molar-refractivity contribution is 6.44. The molecule has 30 heavy (non-hydrogen) atoms. The van der Waals surface area contributed by atoms with E-state index < -0.39 is 23.7 Å². The third-order valence-electron chi connectivity index (χ3n) is 4.42. The van der Waals surface area contributed by atoms with Gasteiger partial charge in [0.2, 0.25) is 11.9 Å². The van der Waals surface area contributed by atoms with Gasteiger partial charge in [-0.25, -0.2) is 8.78 Å². The second-order valence-electron chi connectivity index (χ2n) is 6.46. The van der Waals surface area contributed by atoms with Crippen molar-refractivity contribution in [1.29, 1.82) is 0 Å². The molecule has 1 aromatic heterocycles. The summed E-state index contributed by atoms with van der Waals surface area (Å²) < 4.78 is 26.2. The number of hydrazone groups is 1. The second-order valence-corrected chi connectivity index (χ2v) is 6.46. The number of nitrogens with two attached hydrogens (primary N) is 1. The summed E-state index contributed by atoms with van der Waals surface area (Å²) in [6.07, 6.45) is -0.0339. The first-order valence-electron chi connectivity index (χ1n) is 8.82. The Morgan fingerprint density at radius 1 is 1.07 bits per heavy atom. The minimum absolute atomic E-state index is 0.0158. The van der Waals surface area contributed by atoms with Gasteiger partial charge < -0.3 is 5.73 Å². The number of anilines is 2. The number of carbonyl (C=O) groups is 2. The van der Waals surface area contributed by atoms with Crippen molar-refractivity contribution in [2.45, 2.75) is 12.5 Å². The van der Waals surface area contributed by atoms with Crippen molar-refractivity contribution in [1.82, 2.24) is 15.2 Å². The average Bonchev–Trinajstić information content (AvgIpc) is 3.37. The van der Waals surface area contributed by atoms with Gasteiger partial charge in [0.1, 0.15) is 23.4 Å². The van der Waals surface area contributed by atoms with Crippen molar-refractivity contribution >= 4 is 29.2 Å². The van der Waals surface area contributed by atoms with E-state index in [0.29, 0.717) is 17.1 Å². The first kappa shape index (κ1) is 19.2. The van der Waals surface area contributed by atoms with Gasteiger partial charge in [0.05, 0.1) is 5.69 Å². The topological polar surface area (TPSA) is 129 Å². The molecule has 0 radical (unpaired) electrons. The van der Waals surface area contributed by atoms with E-state index in [0.717, 1.165) is 0 Å². The lowest BCUT2D eigenvalue weighted by Crippen LogP contribution is -2.39. The molecule has 4 rings (SSSR count). The third kappa shape index (κ3) is 3.85. The van der Waals surface area contributed by atoms with Crippen molar-refractivity contribution < 1.29 is 18.4 Å². The molecule has 1 atom stereocenters. The third-order valence-corrected chi connectivity index (χ3v) is 4.42. The average molecular weight is 411 g/mol. The summed E-state index contributed by atoms with van der Waals surface area (Å²) in [5.74, 6) is -1.81. The maximum Gasteiger partial charge on any atom is 0.274 e. The maximum atomic E-state index is 13.2. The number of nitrogens with zero attached hydrogens (tertiary/aromatic N) is 4. The Morgan fingerprint density at radius 3 is 2.33 bits per heavy atom. The monoisotopic (exact) mass is 411 g/mol. The molecule has 9 nitrogen and oxygen atoms in total. The molecule has 3 aromatic rings. The van der Waals surface area contributed by atoms with Crippen molar-refractivity contribution in [2.75, 3.05) is 10.3 Å². The first-order valence-corrected chi connectivity index (χ1v) is 8.82. The highest BCUT2D eigenvalue weighted by Gasteiger charge is 2.35. The van der Waals surface area contributed by atoms with Crippen LogP contribution in [0.5, 0.6) is 0 Å². The molecule has 2 aromatic carbocycles. The van der Waals surface area contributed by atoms with Crippen LogP contribution in [0.25, 0.3) is 11.4 Å². The highest BCUT2D eigenvalue weighted by Crippen LogP contribution is 2.25. The molecule has 152 valence electrons. The molecule has 4 N–H and O–H groups in total. The molecule has 0 aliphatic carbocycles. The summed E-state index contributed by atoms with van der Waals surface area (Å²) in [6.45, 7) is 0. The number of rotatable bonds is 5. The van der Waals surface area contributed by atoms with Crippen molar-refractivity contribution in [3.05, 3.63) is 60.2 Å². The van der Waals surface area contributed by atoms with Gasteiger partial charge in [-0.3, -0.25) is 25.0 Å². The molecule has 0 saturated carbocycles. The molecule has 0 spiro atoms.